The fourth-order valence-corrected chi connectivity index (χ4v) is 4.35. The predicted octanol–water partition coefficient (Wildman–Crippen LogP) is 3.57. The number of thiophene rings is 1. The number of hydrogen-bond acceptors (Lipinski definition) is 5. The molecule has 0 saturated heterocycles. The van der Waals surface area contributed by atoms with Crippen molar-refractivity contribution < 1.29 is 9.53 Å². The molecule has 1 aliphatic heterocycles. The van der Waals surface area contributed by atoms with Crippen molar-refractivity contribution in [1.82, 2.24) is 9.55 Å². The molecule has 0 spiro atoms. The van der Waals surface area contributed by atoms with Crippen molar-refractivity contribution in [3.63, 3.8) is 0 Å². The van der Waals surface area contributed by atoms with Crippen LogP contribution in [0.25, 0.3) is 20.7 Å². The summed E-state index contributed by atoms with van der Waals surface area (Å²) in [7, 11) is 0. The molecule has 0 saturated carbocycles. The van der Waals surface area contributed by atoms with Crippen LogP contribution in [0, 0.1) is 0 Å². The van der Waals surface area contributed by atoms with Crippen LogP contribution in [0.15, 0.2) is 41.2 Å². The zero-order chi connectivity index (χ0) is 17.4. The third-order valence-electron chi connectivity index (χ3n) is 4.48. The quantitative estimate of drug-likeness (QED) is 0.675. The van der Waals surface area contributed by atoms with Crippen molar-refractivity contribution in [3.05, 3.63) is 52.6 Å². The SMILES string of the molecule is CCOC(=O)[C@H]1CCCn2c1nc1cc(-c3ccccc3)sc1c2=O. The van der Waals surface area contributed by atoms with E-state index in [0.717, 1.165) is 16.9 Å². The number of esters is 1. The van der Waals surface area contributed by atoms with Crippen LogP contribution in [0.3, 0.4) is 0 Å². The highest BCUT2D eigenvalue weighted by molar-refractivity contribution is 7.22. The highest BCUT2D eigenvalue weighted by atomic mass is 32.1. The van der Waals surface area contributed by atoms with Gasteiger partial charge in [-0.2, -0.15) is 0 Å². The molecule has 3 aromatic rings. The van der Waals surface area contributed by atoms with E-state index in [0.29, 0.717) is 35.6 Å². The van der Waals surface area contributed by atoms with Gasteiger partial charge in [0.05, 0.1) is 12.1 Å². The minimum Gasteiger partial charge on any atom is -0.465 e. The average Bonchev–Trinajstić information content (AvgIpc) is 3.07. The third-order valence-corrected chi connectivity index (χ3v) is 5.64. The van der Waals surface area contributed by atoms with Crippen molar-refractivity contribution in [2.24, 2.45) is 0 Å². The Morgan fingerprint density at radius 3 is 2.92 bits per heavy atom. The molecule has 3 heterocycles. The Labute approximate surface area is 148 Å². The first-order valence-corrected chi connectivity index (χ1v) is 9.27. The summed E-state index contributed by atoms with van der Waals surface area (Å²) in [6.45, 7) is 2.72. The topological polar surface area (TPSA) is 61.2 Å². The zero-order valence-corrected chi connectivity index (χ0v) is 14.7. The summed E-state index contributed by atoms with van der Waals surface area (Å²) in [6.07, 6.45) is 1.45. The molecule has 1 atom stereocenters. The van der Waals surface area contributed by atoms with Gasteiger partial charge in [-0.3, -0.25) is 14.2 Å². The summed E-state index contributed by atoms with van der Waals surface area (Å²) in [5.41, 5.74) is 1.67. The summed E-state index contributed by atoms with van der Waals surface area (Å²) < 4.78 is 7.47. The third kappa shape index (κ3) is 2.76. The minimum atomic E-state index is -0.453. The van der Waals surface area contributed by atoms with Crippen LogP contribution >= 0.6 is 11.3 Å². The number of ether oxygens (including phenoxy) is 1. The van der Waals surface area contributed by atoms with Crippen LogP contribution in [-0.2, 0) is 16.1 Å². The Kier molecular flexibility index (Phi) is 4.13. The molecule has 0 bridgehead atoms. The summed E-state index contributed by atoms with van der Waals surface area (Å²) >= 11 is 1.46. The minimum absolute atomic E-state index is 0.0545. The lowest BCUT2D eigenvalue weighted by Gasteiger charge is -2.24. The van der Waals surface area contributed by atoms with Gasteiger partial charge in [-0.25, -0.2) is 4.98 Å². The van der Waals surface area contributed by atoms with Crippen LogP contribution in [-0.4, -0.2) is 22.1 Å². The fraction of sp³-hybridized carbons (Fsp3) is 0.316. The maximum atomic E-state index is 12.9. The van der Waals surface area contributed by atoms with Crippen LogP contribution in [0.2, 0.25) is 0 Å². The molecule has 1 aliphatic rings. The fourth-order valence-electron chi connectivity index (χ4n) is 3.30. The van der Waals surface area contributed by atoms with E-state index in [2.05, 4.69) is 4.98 Å². The van der Waals surface area contributed by atoms with E-state index >= 15 is 0 Å². The maximum Gasteiger partial charge on any atom is 0.316 e. The van der Waals surface area contributed by atoms with Gasteiger partial charge in [-0.05, 0) is 31.4 Å². The smallest absolute Gasteiger partial charge is 0.316 e. The van der Waals surface area contributed by atoms with Crippen molar-refractivity contribution in [3.8, 4) is 10.4 Å². The van der Waals surface area contributed by atoms with E-state index in [1.807, 2.05) is 36.4 Å². The monoisotopic (exact) mass is 354 g/mol. The Morgan fingerprint density at radius 2 is 2.16 bits per heavy atom. The molecule has 1 aromatic carbocycles. The number of aromatic nitrogens is 2. The maximum absolute atomic E-state index is 12.9. The molecule has 4 rings (SSSR count). The Morgan fingerprint density at radius 1 is 1.36 bits per heavy atom. The number of carbonyl (C=O) groups excluding carboxylic acids is 1. The lowest BCUT2D eigenvalue weighted by Crippen LogP contribution is -2.33. The Hall–Kier alpha value is -2.47. The summed E-state index contributed by atoms with van der Waals surface area (Å²) in [4.78, 5) is 30.9. The van der Waals surface area contributed by atoms with Gasteiger partial charge in [0.25, 0.3) is 5.56 Å². The molecule has 2 aromatic heterocycles. The molecule has 0 aliphatic carbocycles. The predicted molar refractivity (Wildman–Crippen MR) is 97.9 cm³/mol. The van der Waals surface area contributed by atoms with Crippen LogP contribution < -0.4 is 5.56 Å². The lowest BCUT2D eigenvalue weighted by atomic mass is 9.98. The van der Waals surface area contributed by atoms with Gasteiger partial charge in [-0.1, -0.05) is 30.3 Å². The molecule has 0 unspecified atom stereocenters. The second kappa shape index (κ2) is 6.44. The first-order chi connectivity index (χ1) is 12.2. The lowest BCUT2D eigenvalue weighted by molar-refractivity contribution is -0.145. The van der Waals surface area contributed by atoms with Crippen molar-refractivity contribution in [1.29, 1.82) is 0 Å². The van der Waals surface area contributed by atoms with E-state index in [1.165, 1.54) is 11.3 Å². The molecule has 128 valence electrons. The van der Waals surface area contributed by atoms with Crippen LogP contribution in [0.4, 0.5) is 0 Å². The molecule has 0 fully saturated rings. The van der Waals surface area contributed by atoms with Gasteiger partial charge in [0, 0.05) is 11.4 Å². The number of fused-ring (bicyclic) bond motifs is 2. The summed E-state index contributed by atoms with van der Waals surface area (Å²) in [6, 6.07) is 11.9. The van der Waals surface area contributed by atoms with Gasteiger partial charge in [0.1, 0.15) is 16.4 Å². The Bertz CT molecular complexity index is 991. The molecule has 0 amide bonds. The Balaban J connectivity index is 1.86. The molecule has 5 nitrogen and oxygen atoms in total. The molecular weight excluding hydrogens is 336 g/mol. The van der Waals surface area contributed by atoms with Gasteiger partial charge in [0.15, 0.2) is 0 Å². The largest absolute Gasteiger partial charge is 0.465 e. The average molecular weight is 354 g/mol. The first kappa shape index (κ1) is 16.0. The molecule has 6 heteroatoms. The second-order valence-electron chi connectivity index (χ2n) is 6.06. The summed E-state index contributed by atoms with van der Waals surface area (Å²) in [5, 5.41) is 0. The van der Waals surface area contributed by atoms with Crippen molar-refractivity contribution >= 4 is 27.5 Å². The number of carbonyl (C=O) groups is 1. The standard InChI is InChI=1S/C19H18N2O3S/c1-2-24-19(23)13-9-6-10-21-17(13)20-14-11-15(25-16(14)18(21)22)12-7-4-3-5-8-12/h3-5,7-8,11,13H,2,6,9-10H2,1H3/t13-/m0/s1. The number of nitrogens with zero attached hydrogens (tertiary/aromatic N) is 2. The van der Waals surface area contributed by atoms with Crippen molar-refractivity contribution in [2.45, 2.75) is 32.2 Å². The van der Waals surface area contributed by atoms with Crippen LogP contribution in [0.1, 0.15) is 31.5 Å². The van der Waals surface area contributed by atoms with Crippen LogP contribution in [0.5, 0.6) is 0 Å². The highest BCUT2D eigenvalue weighted by Crippen LogP contribution is 2.33. The highest BCUT2D eigenvalue weighted by Gasteiger charge is 2.31. The molecule has 0 N–H and O–H groups in total. The van der Waals surface area contributed by atoms with E-state index < -0.39 is 5.92 Å². The van der Waals surface area contributed by atoms with Gasteiger partial charge < -0.3 is 4.74 Å². The van der Waals surface area contributed by atoms with E-state index in [1.54, 1.807) is 11.5 Å². The normalized spacial score (nSPS) is 16.6. The van der Waals surface area contributed by atoms with Gasteiger partial charge in [0.2, 0.25) is 0 Å². The molecule has 0 radical (unpaired) electrons. The van der Waals surface area contributed by atoms with E-state index in [4.69, 9.17) is 4.74 Å². The van der Waals surface area contributed by atoms with Crippen molar-refractivity contribution in [2.75, 3.05) is 6.61 Å². The van der Waals surface area contributed by atoms with E-state index in [9.17, 15) is 9.59 Å². The van der Waals surface area contributed by atoms with E-state index in [-0.39, 0.29) is 11.5 Å². The molecule has 25 heavy (non-hydrogen) atoms. The number of benzene rings is 1. The number of hydrogen-bond donors (Lipinski definition) is 0. The second-order valence-corrected chi connectivity index (χ2v) is 7.12. The molecular formula is C19H18N2O3S. The number of rotatable bonds is 3. The van der Waals surface area contributed by atoms with Gasteiger partial charge >= 0.3 is 5.97 Å². The first-order valence-electron chi connectivity index (χ1n) is 8.45. The summed E-state index contributed by atoms with van der Waals surface area (Å²) in [5.74, 6) is -0.203. The zero-order valence-electron chi connectivity index (χ0n) is 13.9. The van der Waals surface area contributed by atoms with Gasteiger partial charge in [-0.15, -0.1) is 11.3 Å².